The molecule has 0 bridgehead atoms. The Labute approximate surface area is 170 Å². The van der Waals surface area contributed by atoms with E-state index in [0.29, 0.717) is 18.1 Å². The van der Waals surface area contributed by atoms with Crippen LogP contribution in [-0.4, -0.2) is 49.6 Å². The lowest BCUT2D eigenvalue weighted by Crippen LogP contribution is -2.39. The van der Waals surface area contributed by atoms with Gasteiger partial charge < -0.3 is 9.64 Å². The van der Waals surface area contributed by atoms with Crippen molar-refractivity contribution < 1.29 is 18.5 Å². The minimum atomic E-state index is -1.60. The Bertz CT molecular complexity index is 1090. The van der Waals surface area contributed by atoms with Gasteiger partial charge in [-0.25, -0.2) is 13.7 Å². The van der Waals surface area contributed by atoms with Gasteiger partial charge in [0.2, 0.25) is 0 Å². The number of amides is 2. The summed E-state index contributed by atoms with van der Waals surface area (Å²) in [6.07, 6.45) is 5.45. The molecule has 1 N–H and O–H groups in total. The molecule has 1 unspecified atom stereocenters. The van der Waals surface area contributed by atoms with E-state index < -0.39 is 16.6 Å². The summed E-state index contributed by atoms with van der Waals surface area (Å²) in [7, 11) is -1.60. The first kappa shape index (κ1) is 19.4. The third-order valence-electron chi connectivity index (χ3n) is 4.65. The average molecular weight is 414 g/mol. The molecular weight excluding hydrogens is 392 g/mol. The molecular formula is C20H22N4O4S. The lowest BCUT2D eigenvalue weighted by molar-refractivity contribution is -0.114. The van der Waals surface area contributed by atoms with Gasteiger partial charge in [-0.15, -0.1) is 0 Å². The van der Waals surface area contributed by atoms with Crippen molar-refractivity contribution in [3.63, 3.8) is 0 Å². The first-order chi connectivity index (χ1) is 13.7. The highest BCUT2D eigenvalue weighted by atomic mass is 32.2. The Morgan fingerprint density at radius 2 is 2.10 bits per heavy atom. The van der Waals surface area contributed by atoms with Crippen LogP contribution in [-0.2, 0) is 20.5 Å². The number of benzene rings is 1. The second-order valence-electron chi connectivity index (χ2n) is 7.95. The van der Waals surface area contributed by atoms with Crippen molar-refractivity contribution in [2.75, 3.05) is 13.1 Å². The number of aromatic nitrogens is 2. The van der Waals surface area contributed by atoms with Gasteiger partial charge in [0.1, 0.15) is 5.60 Å². The second-order valence-corrected chi connectivity index (χ2v) is 9.11. The number of ether oxygens (including phenoxy) is 1. The van der Waals surface area contributed by atoms with Crippen molar-refractivity contribution in [1.82, 2.24) is 19.4 Å². The maximum absolute atomic E-state index is 12.2. The fourth-order valence-electron chi connectivity index (χ4n) is 3.31. The number of nitrogens with zero attached hydrogens (tertiary/aromatic N) is 3. The van der Waals surface area contributed by atoms with Crippen LogP contribution in [0, 0.1) is 0 Å². The summed E-state index contributed by atoms with van der Waals surface area (Å²) in [6, 6.07) is 5.89. The van der Waals surface area contributed by atoms with E-state index in [2.05, 4.69) is 9.82 Å². The van der Waals surface area contributed by atoms with Crippen LogP contribution in [0.5, 0.6) is 0 Å². The van der Waals surface area contributed by atoms with Gasteiger partial charge in [0, 0.05) is 24.6 Å². The fourth-order valence-corrected chi connectivity index (χ4v) is 4.17. The van der Waals surface area contributed by atoms with Crippen LogP contribution in [0.15, 0.2) is 36.5 Å². The van der Waals surface area contributed by atoms with Crippen LogP contribution >= 0.6 is 0 Å². The molecule has 9 heteroatoms. The van der Waals surface area contributed by atoms with E-state index in [4.69, 9.17) is 4.74 Å². The van der Waals surface area contributed by atoms with Crippen molar-refractivity contribution in [2.24, 2.45) is 0 Å². The Morgan fingerprint density at radius 1 is 1.31 bits per heavy atom. The van der Waals surface area contributed by atoms with Crippen molar-refractivity contribution in [2.45, 2.75) is 32.8 Å². The van der Waals surface area contributed by atoms with Gasteiger partial charge in [-0.2, -0.15) is 5.10 Å². The van der Waals surface area contributed by atoms with E-state index >= 15 is 0 Å². The van der Waals surface area contributed by atoms with Crippen molar-refractivity contribution in [1.29, 1.82) is 0 Å². The van der Waals surface area contributed by atoms with Crippen LogP contribution < -0.4 is 4.72 Å². The van der Waals surface area contributed by atoms with Gasteiger partial charge in [-0.3, -0.25) is 9.52 Å². The summed E-state index contributed by atoms with van der Waals surface area (Å²) in [4.78, 5) is 25.3. The molecule has 0 aliphatic carbocycles. The van der Waals surface area contributed by atoms with E-state index in [9.17, 15) is 13.8 Å². The summed E-state index contributed by atoms with van der Waals surface area (Å²) >= 11 is 0. The first-order valence-electron chi connectivity index (χ1n) is 9.31. The Morgan fingerprint density at radius 3 is 2.72 bits per heavy atom. The van der Waals surface area contributed by atoms with Crippen LogP contribution in [0.1, 0.15) is 32.8 Å². The van der Waals surface area contributed by atoms with Crippen LogP contribution in [0.2, 0.25) is 0 Å². The van der Waals surface area contributed by atoms with Crippen LogP contribution in [0.25, 0.3) is 21.5 Å². The summed E-state index contributed by atoms with van der Waals surface area (Å²) in [5, 5.41) is 5.50. The normalized spacial score (nSPS) is 19.8. The summed E-state index contributed by atoms with van der Waals surface area (Å²) in [6.45, 7) is 6.66. The molecule has 3 heterocycles. The molecule has 1 atom stereocenters. The van der Waals surface area contributed by atoms with E-state index in [1.807, 2.05) is 45.0 Å². The number of rotatable bonds is 2. The van der Waals surface area contributed by atoms with Crippen LogP contribution in [0.3, 0.4) is 0 Å². The molecule has 2 aliphatic heterocycles. The minimum absolute atomic E-state index is 0.300. The molecule has 0 fully saturated rings. The Balaban J connectivity index is 1.54. The zero-order valence-corrected chi connectivity index (χ0v) is 17.3. The number of hydrogen-bond donors (Lipinski definition) is 1. The lowest BCUT2D eigenvalue weighted by atomic mass is 9.98. The molecule has 29 heavy (non-hydrogen) atoms. The molecule has 2 amide bonds. The second kappa shape index (κ2) is 7.14. The number of nitrogens with one attached hydrogen (secondary N) is 1. The molecule has 2 aliphatic rings. The fraction of sp³-hybridized carbons (Fsp3) is 0.350. The lowest BCUT2D eigenvalue weighted by Gasteiger charge is -2.29. The van der Waals surface area contributed by atoms with Gasteiger partial charge in [0.15, 0.2) is 16.0 Å². The highest BCUT2D eigenvalue weighted by Crippen LogP contribution is 2.28. The zero-order chi connectivity index (χ0) is 20.8. The highest BCUT2D eigenvalue weighted by Gasteiger charge is 2.25. The van der Waals surface area contributed by atoms with Gasteiger partial charge in [0.25, 0.3) is 5.91 Å². The van der Waals surface area contributed by atoms with E-state index in [1.165, 1.54) is 10.8 Å². The zero-order valence-electron chi connectivity index (χ0n) is 16.5. The number of carbonyl (C=O) groups excluding carboxylic acids is 2. The largest absolute Gasteiger partial charge is 0.444 e. The third kappa shape index (κ3) is 3.95. The monoisotopic (exact) mass is 414 g/mol. The van der Waals surface area contributed by atoms with Gasteiger partial charge in [0.05, 0.1) is 11.7 Å². The van der Waals surface area contributed by atoms with Gasteiger partial charge in [-0.05, 0) is 50.5 Å². The molecule has 1 aromatic heterocycles. The van der Waals surface area contributed by atoms with Crippen molar-refractivity contribution >= 4 is 44.5 Å². The SMILES string of the molecule is CC(C)(C)OC(=O)N1CC=C(c2ccc3c(cnn3C3=CC(=O)NS3=O)c2)CC1. The summed E-state index contributed by atoms with van der Waals surface area (Å²) < 4.78 is 21.3. The standard InChI is InChI=1S/C20H22N4O4S/c1-20(2,3)28-19(26)23-8-6-13(7-9-23)14-4-5-16-15(10-14)12-21-24(16)18-11-17(25)22-29(18)27/h4-6,10-12H,7-9H2,1-3H3,(H,22,25). The third-order valence-corrected chi connectivity index (χ3v) is 5.70. The molecule has 152 valence electrons. The topological polar surface area (TPSA) is 93.5 Å². The number of carbonyl (C=O) groups is 2. The molecule has 0 spiro atoms. The molecule has 8 nitrogen and oxygen atoms in total. The quantitative estimate of drug-likeness (QED) is 0.815. The average Bonchev–Trinajstić information content (AvgIpc) is 3.22. The predicted molar refractivity (Wildman–Crippen MR) is 111 cm³/mol. The molecule has 2 aromatic rings. The Hall–Kier alpha value is -2.94. The van der Waals surface area contributed by atoms with Crippen molar-refractivity contribution in [3.8, 4) is 0 Å². The molecule has 4 rings (SSSR count). The van der Waals surface area contributed by atoms with E-state index in [0.717, 1.165) is 28.5 Å². The van der Waals surface area contributed by atoms with Gasteiger partial charge in [-0.1, -0.05) is 12.1 Å². The summed E-state index contributed by atoms with van der Waals surface area (Å²) in [5.74, 6) is -0.388. The maximum atomic E-state index is 12.2. The van der Waals surface area contributed by atoms with Gasteiger partial charge >= 0.3 is 6.09 Å². The number of hydrogen-bond acceptors (Lipinski definition) is 5. The Kier molecular flexibility index (Phi) is 4.77. The number of fused-ring (bicyclic) bond motifs is 1. The molecule has 0 radical (unpaired) electrons. The highest BCUT2D eigenvalue weighted by molar-refractivity contribution is 7.93. The summed E-state index contributed by atoms with van der Waals surface area (Å²) in [5.41, 5.74) is 2.47. The smallest absolute Gasteiger partial charge is 0.410 e. The van der Waals surface area contributed by atoms with Crippen molar-refractivity contribution in [3.05, 3.63) is 42.1 Å². The minimum Gasteiger partial charge on any atom is -0.444 e. The first-order valence-corrected chi connectivity index (χ1v) is 10.5. The maximum Gasteiger partial charge on any atom is 0.410 e. The van der Waals surface area contributed by atoms with E-state index in [-0.39, 0.29) is 12.0 Å². The predicted octanol–water partition coefficient (Wildman–Crippen LogP) is 2.65. The van der Waals surface area contributed by atoms with Crippen LogP contribution in [0.4, 0.5) is 4.79 Å². The molecule has 1 aromatic carbocycles. The molecule has 0 saturated heterocycles. The van der Waals surface area contributed by atoms with E-state index in [1.54, 1.807) is 11.1 Å². The molecule has 0 saturated carbocycles.